The summed E-state index contributed by atoms with van der Waals surface area (Å²) in [5.41, 5.74) is -2.40. The molecule has 0 aromatic heterocycles. The third-order valence-electron chi connectivity index (χ3n) is 8.80. The Hall–Kier alpha value is -1.62. The summed E-state index contributed by atoms with van der Waals surface area (Å²) < 4.78 is 17.0. The van der Waals surface area contributed by atoms with Gasteiger partial charge in [0.25, 0.3) is 0 Å². The number of nitrogens with zero attached hydrogens (tertiary/aromatic N) is 1. The van der Waals surface area contributed by atoms with E-state index in [9.17, 15) is 14.7 Å². The maximum atomic E-state index is 17.0. The molecule has 0 spiro atoms. The predicted octanol–water partition coefficient (Wildman–Crippen LogP) is 3.88. The van der Waals surface area contributed by atoms with Crippen molar-refractivity contribution < 1.29 is 19.1 Å². The summed E-state index contributed by atoms with van der Waals surface area (Å²) in [4.78, 5) is 28.9. The molecule has 0 saturated heterocycles. The number of allylic oxidation sites excluding steroid dienone is 4. The predicted molar refractivity (Wildman–Crippen MR) is 110 cm³/mol. The van der Waals surface area contributed by atoms with Crippen molar-refractivity contribution in [3.8, 4) is 0 Å². The number of rotatable bonds is 3. The first-order valence-electron chi connectivity index (χ1n) is 10.8. The van der Waals surface area contributed by atoms with Crippen LogP contribution in [0.5, 0.6) is 0 Å². The molecule has 4 aliphatic rings. The molecule has 0 heterocycles. The van der Waals surface area contributed by atoms with Crippen LogP contribution >= 0.6 is 0 Å². The van der Waals surface area contributed by atoms with E-state index in [2.05, 4.69) is 18.8 Å². The highest BCUT2D eigenvalue weighted by Crippen LogP contribution is 2.69. The molecular formula is C24H32FNO3. The van der Waals surface area contributed by atoms with Gasteiger partial charge >= 0.3 is 0 Å². The van der Waals surface area contributed by atoms with Gasteiger partial charge in [0.2, 0.25) is 0 Å². The second kappa shape index (κ2) is 6.69. The normalized spacial score (nSPS) is 48.8. The smallest absolute Gasteiger partial charge is 0.178 e. The second-order valence-corrected chi connectivity index (χ2v) is 10.2. The Morgan fingerprint density at radius 2 is 2.10 bits per heavy atom. The molecule has 0 aromatic carbocycles. The van der Waals surface area contributed by atoms with Gasteiger partial charge < -0.3 is 10.1 Å². The van der Waals surface area contributed by atoms with Gasteiger partial charge in [-0.25, -0.2) is 4.39 Å². The molecule has 3 unspecified atom stereocenters. The zero-order valence-corrected chi connectivity index (χ0v) is 17.8. The zero-order valence-electron chi connectivity index (χ0n) is 17.8. The summed E-state index contributed by atoms with van der Waals surface area (Å²) in [5, 5.41) is 11.2. The lowest BCUT2D eigenvalue weighted by Gasteiger charge is -2.62. The Bertz CT molecular complexity index is 832. The van der Waals surface area contributed by atoms with Crippen LogP contribution in [0.25, 0.3) is 0 Å². The van der Waals surface area contributed by atoms with Crippen LogP contribution in [0, 0.1) is 34.5 Å². The van der Waals surface area contributed by atoms with E-state index in [1.165, 1.54) is 6.08 Å². The number of Topliss-reactive ketones (excluding diaryl/α,β-unsaturated/α-hetero) is 1. The molecule has 4 rings (SSSR count). The number of carbonyl (C=O) groups excluding carboxylic acids is 2. The van der Waals surface area contributed by atoms with E-state index in [0.29, 0.717) is 19.3 Å². The van der Waals surface area contributed by atoms with Gasteiger partial charge in [0.15, 0.2) is 11.5 Å². The van der Waals surface area contributed by atoms with E-state index in [-0.39, 0.29) is 41.7 Å². The highest BCUT2D eigenvalue weighted by molar-refractivity contribution is 6.01. The number of fused-ring (bicyclic) bond motifs is 5. The SMILES string of the molecule is CN=CCC(=O)C1[C@H](C)CC2C3CCC4=CC(=O)C=C[C@]4(C)[C@@]3(F)[C@@H](O)C[C@@]21C. The number of alkyl halides is 1. The second-order valence-electron chi connectivity index (χ2n) is 10.2. The minimum Gasteiger partial charge on any atom is -0.390 e. The summed E-state index contributed by atoms with van der Waals surface area (Å²) in [5.74, 6) is -0.257. The summed E-state index contributed by atoms with van der Waals surface area (Å²) in [6.07, 6.45) is 7.82. The number of carbonyl (C=O) groups is 2. The standard InChI is InChI=1S/C24H32FNO3/c1-14-11-18-17-6-5-15-12-16(27)7-9-23(15,3)24(17,25)20(29)13-22(18,2)21(14)19(28)8-10-26-4/h7,9-10,12,14,17-18,20-21,29H,5-6,8,11,13H2,1-4H3/t14-,17?,18?,20+,21?,22+,23+,24+/m1/s1. The lowest BCUT2D eigenvalue weighted by molar-refractivity contribution is -0.195. The molecule has 158 valence electrons. The van der Waals surface area contributed by atoms with E-state index in [1.54, 1.807) is 25.4 Å². The Kier molecular flexibility index (Phi) is 4.77. The first-order chi connectivity index (χ1) is 13.6. The van der Waals surface area contributed by atoms with Crippen LogP contribution in [0.3, 0.4) is 0 Å². The van der Waals surface area contributed by atoms with Crippen LogP contribution in [0.1, 0.15) is 52.9 Å². The molecule has 4 aliphatic carbocycles. The fraction of sp³-hybridized carbons (Fsp3) is 0.708. The van der Waals surface area contributed by atoms with Crippen LogP contribution in [0.2, 0.25) is 0 Å². The Labute approximate surface area is 172 Å². The van der Waals surface area contributed by atoms with Crippen molar-refractivity contribution in [1.82, 2.24) is 0 Å². The van der Waals surface area contributed by atoms with Crippen molar-refractivity contribution >= 4 is 17.8 Å². The molecule has 29 heavy (non-hydrogen) atoms. The van der Waals surface area contributed by atoms with E-state index in [1.807, 2.05) is 6.92 Å². The van der Waals surface area contributed by atoms with Crippen molar-refractivity contribution in [3.05, 3.63) is 23.8 Å². The summed E-state index contributed by atoms with van der Waals surface area (Å²) >= 11 is 0. The van der Waals surface area contributed by atoms with E-state index < -0.39 is 22.6 Å². The summed E-state index contributed by atoms with van der Waals surface area (Å²) in [6.45, 7) is 6.01. The van der Waals surface area contributed by atoms with Gasteiger partial charge in [0, 0.05) is 36.9 Å². The molecule has 4 nitrogen and oxygen atoms in total. The number of aliphatic hydroxyl groups is 1. The average molecular weight is 402 g/mol. The van der Waals surface area contributed by atoms with Gasteiger partial charge in [-0.1, -0.05) is 25.5 Å². The maximum absolute atomic E-state index is 17.0. The maximum Gasteiger partial charge on any atom is 0.178 e. The minimum absolute atomic E-state index is 0.0443. The number of aliphatic imine (C=N–C) groups is 1. The quantitative estimate of drug-likeness (QED) is 0.730. The highest BCUT2D eigenvalue weighted by atomic mass is 19.1. The van der Waals surface area contributed by atoms with Crippen molar-refractivity contribution in [2.24, 2.45) is 39.5 Å². The summed E-state index contributed by atoms with van der Waals surface area (Å²) in [7, 11) is 1.66. The molecule has 0 bridgehead atoms. The van der Waals surface area contributed by atoms with Gasteiger partial charge in [0.05, 0.1) is 6.10 Å². The number of ketones is 2. The topological polar surface area (TPSA) is 66.7 Å². The number of halogens is 1. The molecule has 0 aliphatic heterocycles. The molecular weight excluding hydrogens is 369 g/mol. The Morgan fingerprint density at radius 3 is 2.79 bits per heavy atom. The molecule has 8 atom stereocenters. The Morgan fingerprint density at radius 1 is 1.38 bits per heavy atom. The van der Waals surface area contributed by atoms with Crippen LogP contribution in [0.4, 0.5) is 4.39 Å². The molecule has 0 radical (unpaired) electrons. The van der Waals surface area contributed by atoms with Crippen molar-refractivity contribution in [2.45, 2.75) is 64.6 Å². The highest BCUT2D eigenvalue weighted by Gasteiger charge is 2.71. The van der Waals surface area contributed by atoms with Crippen molar-refractivity contribution in [1.29, 1.82) is 0 Å². The molecule has 0 amide bonds. The van der Waals surface area contributed by atoms with Gasteiger partial charge in [-0.2, -0.15) is 0 Å². The fourth-order valence-electron chi connectivity index (χ4n) is 7.57. The minimum atomic E-state index is -1.82. The molecule has 0 aromatic rings. The average Bonchev–Trinajstić information content (AvgIpc) is 2.91. The molecule has 5 heteroatoms. The van der Waals surface area contributed by atoms with Crippen LogP contribution < -0.4 is 0 Å². The lowest BCUT2D eigenvalue weighted by Crippen LogP contribution is -2.66. The summed E-state index contributed by atoms with van der Waals surface area (Å²) in [6, 6.07) is 0. The van der Waals surface area contributed by atoms with Gasteiger partial charge in [-0.15, -0.1) is 0 Å². The number of hydrogen-bond acceptors (Lipinski definition) is 4. The van der Waals surface area contributed by atoms with E-state index in [0.717, 1.165) is 12.0 Å². The molecule has 1 N–H and O–H groups in total. The Balaban J connectivity index is 1.75. The van der Waals surface area contributed by atoms with Crippen LogP contribution in [-0.4, -0.2) is 41.7 Å². The monoisotopic (exact) mass is 401 g/mol. The van der Waals surface area contributed by atoms with E-state index >= 15 is 4.39 Å². The number of hydrogen-bond donors (Lipinski definition) is 1. The lowest BCUT2D eigenvalue weighted by atomic mass is 9.45. The fourth-order valence-corrected chi connectivity index (χ4v) is 7.57. The van der Waals surface area contributed by atoms with Gasteiger partial charge in [0.1, 0.15) is 5.78 Å². The van der Waals surface area contributed by atoms with Crippen LogP contribution in [-0.2, 0) is 9.59 Å². The first kappa shape index (κ1) is 20.6. The van der Waals surface area contributed by atoms with Crippen LogP contribution in [0.15, 0.2) is 28.8 Å². The zero-order chi connectivity index (χ0) is 21.2. The first-order valence-corrected chi connectivity index (χ1v) is 10.8. The number of aliphatic hydroxyl groups excluding tert-OH is 1. The van der Waals surface area contributed by atoms with Crippen molar-refractivity contribution in [3.63, 3.8) is 0 Å². The van der Waals surface area contributed by atoms with Crippen molar-refractivity contribution in [2.75, 3.05) is 7.05 Å². The third kappa shape index (κ3) is 2.62. The van der Waals surface area contributed by atoms with Gasteiger partial charge in [-0.3, -0.25) is 9.59 Å². The van der Waals surface area contributed by atoms with E-state index in [4.69, 9.17) is 0 Å². The largest absolute Gasteiger partial charge is 0.390 e. The third-order valence-corrected chi connectivity index (χ3v) is 8.80. The molecule has 3 saturated carbocycles. The van der Waals surface area contributed by atoms with Gasteiger partial charge in [-0.05, 0) is 62.0 Å². The molecule has 3 fully saturated rings.